The molecule has 0 radical (unpaired) electrons. The molecule has 2 rings (SSSR count). The number of nitrogen functional groups attached to an aromatic ring is 1. The van der Waals surface area contributed by atoms with Crippen molar-refractivity contribution in [3.05, 3.63) is 55.6 Å². The minimum atomic E-state index is -0.157. The summed E-state index contributed by atoms with van der Waals surface area (Å²) in [4.78, 5) is 12.2. The SMILES string of the molecule is Cc1cc(Br)cc(N)c1NC(=O)c1cccc(I)c1. The number of nitrogens with one attached hydrogen (secondary N) is 1. The van der Waals surface area contributed by atoms with Gasteiger partial charge in [-0.3, -0.25) is 4.79 Å². The fraction of sp³-hybridized carbons (Fsp3) is 0.0714. The molecule has 98 valence electrons. The summed E-state index contributed by atoms with van der Waals surface area (Å²) in [5.74, 6) is -0.157. The Hall–Kier alpha value is -1.08. The van der Waals surface area contributed by atoms with Gasteiger partial charge in [-0.25, -0.2) is 0 Å². The van der Waals surface area contributed by atoms with Crippen LogP contribution in [0.4, 0.5) is 11.4 Å². The van der Waals surface area contributed by atoms with Crippen molar-refractivity contribution in [2.75, 3.05) is 11.1 Å². The third-order valence-corrected chi connectivity index (χ3v) is 3.78. The fourth-order valence-electron chi connectivity index (χ4n) is 1.76. The summed E-state index contributed by atoms with van der Waals surface area (Å²) >= 11 is 5.55. The lowest BCUT2D eigenvalue weighted by Gasteiger charge is -2.12. The Morgan fingerprint density at radius 2 is 2.05 bits per heavy atom. The van der Waals surface area contributed by atoms with Crippen LogP contribution in [0.1, 0.15) is 15.9 Å². The van der Waals surface area contributed by atoms with Gasteiger partial charge in [-0.1, -0.05) is 22.0 Å². The first kappa shape index (κ1) is 14.3. The Kier molecular flexibility index (Phi) is 4.46. The highest BCUT2D eigenvalue weighted by Gasteiger charge is 2.11. The van der Waals surface area contributed by atoms with Crippen molar-refractivity contribution in [1.29, 1.82) is 0 Å². The molecule has 0 bridgehead atoms. The van der Waals surface area contributed by atoms with Crippen molar-refractivity contribution in [2.24, 2.45) is 0 Å². The number of hydrogen-bond acceptors (Lipinski definition) is 2. The van der Waals surface area contributed by atoms with Crippen LogP contribution in [0.2, 0.25) is 0 Å². The van der Waals surface area contributed by atoms with Gasteiger partial charge in [-0.05, 0) is 65.4 Å². The first-order chi connectivity index (χ1) is 8.97. The standard InChI is InChI=1S/C14H12BrIN2O/c1-8-5-10(15)7-12(17)13(8)18-14(19)9-3-2-4-11(16)6-9/h2-7H,17H2,1H3,(H,18,19). The summed E-state index contributed by atoms with van der Waals surface area (Å²) < 4.78 is 1.92. The highest BCUT2D eigenvalue weighted by Crippen LogP contribution is 2.28. The van der Waals surface area contributed by atoms with Crippen LogP contribution in [0, 0.1) is 10.5 Å². The van der Waals surface area contributed by atoms with E-state index in [0.29, 0.717) is 16.9 Å². The molecule has 0 unspecified atom stereocenters. The summed E-state index contributed by atoms with van der Waals surface area (Å²) in [6.07, 6.45) is 0. The maximum Gasteiger partial charge on any atom is 0.255 e. The second-order valence-corrected chi connectivity index (χ2v) is 6.31. The molecule has 19 heavy (non-hydrogen) atoms. The zero-order chi connectivity index (χ0) is 14.0. The van der Waals surface area contributed by atoms with E-state index in [4.69, 9.17) is 5.73 Å². The van der Waals surface area contributed by atoms with Gasteiger partial charge in [0, 0.05) is 13.6 Å². The van der Waals surface area contributed by atoms with E-state index in [1.807, 2.05) is 31.2 Å². The van der Waals surface area contributed by atoms with Crippen LogP contribution in [0.3, 0.4) is 0 Å². The lowest BCUT2D eigenvalue weighted by Crippen LogP contribution is -2.14. The smallest absolute Gasteiger partial charge is 0.255 e. The lowest BCUT2D eigenvalue weighted by molar-refractivity contribution is 0.102. The van der Waals surface area contributed by atoms with Crippen LogP contribution in [0.15, 0.2) is 40.9 Å². The number of benzene rings is 2. The largest absolute Gasteiger partial charge is 0.397 e. The molecule has 0 fully saturated rings. The van der Waals surface area contributed by atoms with E-state index in [0.717, 1.165) is 13.6 Å². The Morgan fingerprint density at radius 1 is 1.32 bits per heavy atom. The number of hydrogen-bond donors (Lipinski definition) is 2. The Balaban J connectivity index is 2.29. The van der Waals surface area contributed by atoms with Crippen LogP contribution in [-0.4, -0.2) is 5.91 Å². The number of nitrogens with two attached hydrogens (primary N) is 1. The van der Waals surface area contributed by atoms with Gasteiger partial charge in [0.05, 0.1) is 11.4 Å². The number of anilines is 2. The van der Waals surface area contributed by atoms with E-state index in [1.54, 1.807) is 12.1 Å². The maximum atomic E-state index is 12.2. The summed E-state index contributed by atoms with van der Waals surface area (Å²) in [6.45, 7) is 1.91. The molecule has 0 heterocycles. The number of halogens is 2. The zero-order valence-electron chi connectivity index (χ0n) is 10.2. The molecule has 0 aliphatic carbocycles. The van der Waals surface area contributed by atoms with E-state index >= 15 is 0 Å². The van der Waals surface area contributed by atoms with Gasteiger partial charge in [0.1, 0.15) is 0 Å². The normalized spacial score (nSPS) is 10.3. The molecule has 0 aromatic heterocycles. The molecule has 5 heteroatoms. The minimum Gasteiger partial charge on any atom is -0.397 e. The fourth-order valence-corrected chi connectivity index (χ4v) is 2.89. The molecule has 0 aliphatic heterocycles. The molecule has 0 atom stereocenters. The molecule has 3 N–H and O–H groups in total. The lowest BCUT2D eigenvalue weighted by atomic mass is 10.1. The molecule has 0 spiro atoms. The van der Waals surface area contributed by atoms with E-state index in [-0.39, 0.29) is 5.91 Å². The average Bonchev–Trinajstić information content (AvgIpc) is 2.33. The van der Waals surface area contributed by atoms with Gasteiger partial charge >= 0.3 is 0 Å². The van der Waals surface area contributed by atoms with Crippen molar-refractivity contribution in [3.8, 4) is 0 Å². The first-order valence-corrected chi connectivity index (χ1v) is 7.47. The van der Waals surface area contributed by atoms with Crippen molar-refractivity contribution >= 4 is 55.8 Å². The summed E-state index contributed by atoms with van der Waals surface area (Å²) in [7, 11) is 0. The summed E-state index contributed by atoms with van der Waals surface area (Å²) in [5.41, 5.74) is 8.68. The quantitative estimate of drug-likeness (QED) is 0.554. The zero-order valence-corrected chi connectivity index (χ0v) is 13.9. The van der Waals surface area contributed by atoms with Crippen LogP contribution < -0.4 is 11.1 Å². The van der Waals surface area contributed by atoms with E-state index in [9.17, 15) is 4.79 Å². The second kappa shape index (κ2) is 5.92. The first-order valence-electron chi connectivity index (χ1n) is 5.60. The second-order valence-electron chi connectivity index (χ2n) is 4.15. The van der Waals surface area contributed by atoms with Crippen LogP contribution >= 0.6 is 38.5 Å². The van der Waals surface area contributed by atoms with Crippen molar-refractivity contribution in [3.63, 3.8) is 0 Å². The summed E-state index contributed by atoms with van der Waals surface area (Å²) in [6, 6.07) is 11.1. The van der Waals surface area contributed by atoms with Crippen molar-refractivity contribution < 1.29 is 4.79 Å². The third-order valence-electron chi connectivity index (χ3n) is 2.66. The van der Waals surface area contributed by atoms with Gasteiger partial charge in [0.15, 0.2) is 0 Å². The predicted octanol–water partition coefficient (Wildman–Crippen LogP) is 4.20. The van der Waals surface area contributed by atoms with Gasteiger partial charge in [-0.2, -0.15) is 0 Å². The number of aryl methyl sites for hydroxylation is 1. The molecule has 1 amide bonds. The molecular weight excluding hydrogens is 419 g/mol. The third kappa shape index (κ3) is 3.48. The van der Waals surface area contributed by atoms with E-state index < -0.39 is 0 Å². The van der Waals surface area contributed by atoms with Crippen molar-refractivity contribution in [1.82, 2.24) is 0 Å². The minimum absolute atomic E-state index is 0.157. The number of amides is 1. The number of carbonyl (C=O) groups is 1. The molecular formula is C14H12BrIN2O. The van der Waals surface area contributed by atoms with Gasteiger partial charge < -0.3 is 11.1 Å². The molecule has 0 saturated heterocycles. The number of carbonyl (C=O) groups excluding carboxylic acids is 1. The van der Waals surface area contributed by atoms with Crippen LogP contribution in [0.5, 0.6) is 0 Å². The Labute approximate surface area is 133 Å². The molecule has 2 aromatic rings. The molecule has 3 nitrogen and oxygen atoms in total. The molecule has 0 saturated carbocycles. The average molecular weight is 431 g/mol. The Morgan fingerprint density at radius 3 is 2.68 bits per heavy atom. The maximum absolute atomic E-state index is 12.2. The number of rotatable bonds is 2. The van der Waals surface area contributed by atoms with Crippen LogP contribution in [-0.2, 0) is 0 Å². The van der Waals surface area contributed by atoms with Crippen molar-refractivity contribution in [2.45, 2.75) is 6.92 Å². The monoisotopic (exact) mass is 430 g/mol. The van der Waals surface area contributed by atoms with E-state index in [1.165, 1.54) is 0 Å². The van der Waals surface area contributed by atoms with E-state index in [2.05, 4.69) is 43.8 Å². The molecule has 2 aromatic carbocycles. The highest BCUT2D eigenvalue weighted by atomic mass is 127. The molecule has 0 aliphatic rings. The van der Waals surface area contributed by atoms with Crippen LogP contribution in [0.25, 0.3) is 0 Å². The van der Waals surface area contributed by atoms with Gasteiger partial charge in [0.2, 0.25) is 0 Å². The topological polar surface area (TPSA) is 55.1 Å². The predicted molar refractivity (Wildman–Crippen MR) is 90.4 cm³/mol. The van der Waals surface area contributed by atoms with Gasteiger partial charge in [-0.15, -0.1) is 0 Å². The Bertz CT molecular complexity index is 620. The highest BCUT2D eigenvalue weighted by molar-refractivity contribution is 14.1. The van der Waals surface area contributed by atoms with Gasteiger partial charge in [0.25, 0.3) is 5.91 Å². The summed E-state index contributed by atoms with van der Waals surface area (Å²) in [5, 5.41) is 2.86.